The second-order valence-electron chi connectivity index (χ2n) is 21.0. The monoisotopic (exact) mass is 971 g/mol. The van der Waals surface area contributed by atoms with Gasteiger partial charge in [-0.1, -0.05) is 100 Å². The number of hydrazine groups is 1. The first kappa shape index (κ1) is 51.6. The zero-order valence-electron chi connectivity index (χ0n) is 42.5. The number of benzene rings is 3. The van der Waals surface area contributed by atoms with E-state index in [2.05, 4.69) is 141 Å². The summed E-state index contributed by atoms with van der Waals surface area (Å²) in [4.78, 5) is 48.6. The number of aryl methyl sites for hydroxylation is 1. The van der Waals surface area contributed by atoms with E-state index in [1.165, 1.54) is 15.4 Å². The molecule has 7 rings (SSSR count). The maximum Gasteiger partial charge on any atom is 0.408 e. The molecule has 1 aliphatic heterocycles. The van der Waals surface area contributed by atoms with Crippen LogP contribution in [0.2, 0.25) is 5.04 Å². The first-order valence-corrected chi connectivity index (χ1v) is 26.1. The Morgan fingerprint density at radius 3 is 2.21 bits per heavy atom. The van der Waals surface area contributed by atoms with E-state index in [1.807, 2.05) is 19.1 Å². The summed E-state index contributed by atoms with van der Waals surface area (Å²) < 4.78 is 27.3. The van der Waals surface area contributed by atoms with Gasteiger partial charge in [-0.15, -0.1) is 0 Å². The van der Waals surface area contributed by atoms with E-state index in [-0.39, 0.29) is 35.8 Å². The Kier molecular flexibility index (Phi) is 15.5. The van der Waals surface area contributed by atoms with Gasteiger partial charge in [0.05, 0.1) is 17.5 Å². The van der Waals surface area contributed by atoms with Crippen LogP contribution in [0.1, 0.15) is 105 Å². The van der Waals surface area contributed by atoms with Gasteiger partial charge < -0.3 is 33.4 Å². The molecule has 4 heterocycles. The van der Waals surface area contributed by atoms with E-state index in [4.69, 9.17) is 28.4 Å². The number of hydrogen-bond acceptors (Lipinski definition) is 11. The number of nitrogens with one attached hydrogen (secondary N) is 2. The summed E-state index contributed by atoms with van der Waals surface area (Å²) in [6, 6.07) is 29.4. The maximum atomic E-state index is 14.0. The molecule has 3 atom stereocenters. The second kappa shape index (κ2) is 21.0. The molecule has 0 unspecified atom stereocenters. The molecule has 0 saturated carbocycles. The van der Waals surface area contributed by atoms with E-state index in [9.17, 15) is 19.5 Å². The fourth-order valence-corrected chi connectivity index (χ4v) is 14.4. The molecule has 2 amide bonds. The average molecular weight is 972 g/mol. The predicted octanol–water partition coefficient (Wildman–Crippen LogP) is 8.64. The van der Waals surface area contributed by atoms with Crippen molar-refractivity contribution in [3.8, 4) is 22.7 Å². The number of carbonyl (C=O) groups excluding carboxylic acids is 2. The summed E-state index contributed by atoms with van der Waals surface area (Å²) in [7, 11) is -1.19. The van der Waals surface area contributed by atoms with Crippen molar-refractivity contribution in [3.05, 3.63) is 114 Å². The number of ether oxygens (including phenoxy) is 2. The Bertz CT molecular complexity index is 2740. The number of hydrogen-bond donors (Lipinski definition) is 3. The molecular formula is C54H69N7O8Si. The fraction of sp³-hybridized carbons (Fsp3) is 0.444. The smallest absolute Gasteiger partial charge is 0.408 e. The number of carboxylic acid groups (broad SMARTS) is 1. The number of methoxy groups -OCH3 is 1. The highest BCUT2D eigenvalue weighted by molar-refractivity contribution is 6.99. The zero-order chi connectivity index (χ0) is 50.6. The topological polar surface area (TPSA) is 183 Å². The summed E-state index contributed by atoms with van der Waals surface area (Å²) in [5.41, 5.74) is 7.18. The van der Waals surface area contributed by atoms with Crippen LogP contribution in [0.5, 0.6) is 0 Å². The maximum absolute atomic E-state index is 14.0. The van der Waals surface area contributed by atoms with Crippen molar-refractivity contribution in [1.29, 1.82) is 0 Å². The summed E-state index contributed by atoms with van der Waals surface area (Å²) in [5.74, 6) is -1.24. The largest absolute Gasteiger partial charge is 0.480 e. The van der Waals surface area contributed by atoms with Gasteiger partial charge in [-0.25, -0.2) is 10.2 Å². The Morgan fingerprint density at radius 1 is 0.943 bits per heavy atom. The Hall–Kier alpha value is -6.20. The number of alkyl carbamates (subject to hydrolysis) is 1. The third-order valence-corrected chi connectivity index (χ3v) is 17.9. The molecule has 0 spiro atoms. The Morgan fingerprint density at radius 2 is 1.61 bits per heavy atom. The number of carboxylic acids is 1. The Labute approximate surface area is 412 Å². The van der Waals surface area contributed by atoms with E-state index < -0.39 is 49.4 Å². The quantitative estimate of drug-likeness (QED) is 0.0741. The number of pyridine rings is 1. The van der Waals surface area contributed by atoms with Gasteiger partial charge in [0.15, 0.2) is 5.82 Å². The third-order valence-electron chi connectivity index (χ3n) is 12.9. The number of nitrogens with zero attached hydrogens (tertiary/aromatic N) is 5. The minimum Gasteiger partial charge on any atom is -0.480 e. The van der Waals surface area contributed by atoms with Crippen molar-refractivity contribution < 1.29 is 37.9 Å². The number of amides is 2. The highest BCUT2D eigenvalue weighted by Gasteiger charge is 2.51. The van der Waals surface area contributed by atoms with E-state index in [0.29, 0.717) is 38.0 Å². The lowest BCUT2D eigenvalue weighted by Gasteiger charge is -2.44. The molecule has 3 aromatic heterocycles. The number of rotatable bonds is 17. The SMILES string of the molecule is CCn1c(-c2cccnc2[C@H](C)OC)c(CC(C)(C)CO[Si](c2ccccc2)(c2ccccc2)C(C)(C)C)c2cc(-c3nc(C[C@H](NC(=O)OC(C)(C)C)C(=O)N4CCC[C@@H](C(=O)O)N4)no3)ccc21. The van der Waals surface area contributed by atoms with Gasteiger partial charge in [0.2, 0.25) is 0 Å². The van der Waals surface area contributed by atoms with E-state index >= 15 is 0 Å². The summed E-state index contributed by atoms with van der Waals surface area (Å²) in [5, 5.41) is 21.1. The van der Waals surface area contributed by atoms with Crippen LogP contribution in [0.4, 0.5) is 4.79 Å². The lowest BCUT2D eigenvalue weighted by Crippen LogP contribution is -2.67. The van der Waals surface area contributed by atoms with E-state index in [0.717, 1.165) is 33.4 Å². The third kappa shape index (κ3) is 11.2. The fourth-order valence-electron chi connectivity index (χ4n) is 9.62. The van der Waals surface area contributed by atoms with Crippen LogP contribution in [0.25, 0.3) is 33.6 Å². The second-order valence-corrected chi connectivity index (χ2v) is 25.3. The number of carbonyl (C=O) groups is 3. The summed E-state index contributed by atoms with van der Waals surface area (Å²) >= 11 is 0. The molecular weight excluding hydrogens is 903 g/mol. The molecule has 15 nitrogen and oxygen atoms in total. The lowest BCUT2D eigenvalue weighted by atomic mass is 9.84. The molecule has 3 aromatic carbocycles. The first-order chi connectivity index (χ1) is 33.2. The molecule has 1 fully saturated rings. The van der Waals surface area contributed by atoms with Gasteiger partial charge in [-0.2, -0.15) is 4.98 Å². The van der Waals surface area contributed by atoms with Crippen LogP contribution in [-0.4, -0.2) is 94.0 Å². The molecule has 0 aliphatic carbocycles. The summed E-state index contributed by atoms with van der Waals surface area (Å²) in [6.45, 7) is 22.1. The van der Waals surface area contributed by atoms with Gasteiger partial charge in [0, 0.05) is 61.5 Å². The van der Waals surface area contributed by atoms with Gasteiger partial charge >= 0.3 is 12.1 Å². The molecule has 0 radical (unpaired) electrons. The number of fused-ring (bicyclic) bond motifs is 1. The highest BCUT2D eigenvalue weighted by Crippen LogP contribution is 2.43. The minimum absolute atomic E-state index is 0.150. The van der Waals surface area contributed by atoms with Crippen molar-refractivity contribution in [2.45, 2.75) is 130 Å². The molecule has 16 heteroatoms. The summed E-state index contributed by atoms with van der Waals surface area (Å²) in [6.07, 6.45) is 2.01. The molecule has 372 valence electrons. The molecule has 3 N–H and O–H groups in total. The van der Waals surface area contributed by atoms with Crippen LogP contribution in [-0.2, 0) is 42.9 Å². The standard InChI is InChI=1S/C54H69N7O8Si/c1-12-60-44-28-27-36(48-57-45(59-69-48)32-43(56-51(65)68-52(3,4)5)49(62)61-30-20-26-42(58-61)50(63)64)31-40(44)41(47(60)39-25-19-29-55-46(39)35(2)66-11)33-54(9,10)34-67-70(53(6,7)8,37-21-15-13-16-22-37)38-23-17-14-18-24-38/h13-19,21-25,27-29,31,35,42-43,58H,12,20,26,30,32-34H2,1-11H3,(H,56,65)(H,63,64)/t35-,42-,43-/m0/s1. The zero-order valence-corrected chi connectivity index (χ0v) is 43.5. The molecule has 70 heavy (non-hydrogen) atoms. The van der Waals surface area contributed by atoms with Crippen molar-refractivity contribution in [1.82, 2.24) is 35.4 Å². The van der Waals surface area contributed by atoms with Gasteiger partial charge in [0.25, 0.3) is 20.1 Å². The van der Waals surface area contributed by atoms with Crippen LogP contribution in [0, 0.1) is 5.41 Å². The lowest BCUT2D eigenvalue weighted by molar-refractivity contribution is -0.147. The molecule has 0 bridgehead atoms. The molecule has 1 aliphatic rings. The van der Waals surface area contributed by atoms with Crippen LogP contribution in [0.15, 0.2) is 102 Å². The number of aliphatic carboxylic acids is 1. The van der Waals surface area contributed by atoms with Gasteiger partial charge in [-0.05, 0) is 111 Å². The number of aromatic nitrogens is 4. The van der Waals surface area contributed by atoms with Crippen molar-refractivity contribution in [3.63, 3.8) is 0 Å². The molecule has 6 aromatic rings. The van der Waals surface area contributed by atoms with Crippen molar-refractivity contribution in [2.75, 3.05) is 20.3 Å². The Balaban J connectivity index is 1.29. The van der Waals surface area contributed by atoms with Crippen LogP contribution in [0.3, 0.4) is 0 Å². The molecule has 1 saturated heterocycles. The highest BCUT2D eigenvalue weighted by atomic mass is 28.4. The van der Waals surface area contributed by atoms with Crippen LogP contribution >= 0.6 is 0 Å². The van der Waals surface area contributed by atoms with E-state index in [1.54, 1.807) is 34.1 Å². The van der Waals surface area contributed by atoms with Gasteiger partial charge in [-0.3, -0.25) is 19.6 Å². The van der Waals surface area contributed by atoms with Crippen molar-refractivity contribution >= 4 is 47.6 Å². The van der Waals surface area contributed by atoms with Crippen molar-refractivity contribution in [2.24, 2.45) is 5.41 Å². The minimum atomic E-state index is -2.89. The van der Waals surface area contributed by atoms with Gasteiger partial charge in [0.1, 0.15) is 17.7 Å². The average Bonchev–Trinajstić information content (AvgIpc) is 3.92. The predicted molar refractivity (Wildman–Crippen MR) is 273 cm³/mol. The van der Waals surface area contributed by atoms with Crippen LogP contribution < -0.4 is 21.1 Å². The first-order valence-electron chi connectivity index (χ1n) is 24.2. The normalized spacial score (nSPS) is 15.7.